The predicted molar refractivity (Wildman–Crippen MR) is 65.7 cm³/mol. The minimum Gasteiger partial charge on any atom is -0.388 e. The van der Waals surface area contributed by atoms with Crippen LogP contribution in [0.25, 0.3) is 0 Å². The van der Waals surface area contributed by atoms with Crippen molar-refractivity contribution in [3.63, 3.8) is 0 Å². The van der Waals surface area contributed by atoms with Crippen LogP contribution in [-0.2, 0) is 9.47 Å². The molecule has 0 bridgehead atoms. The van der Waals surface area contributed by atoms with Gasteiger partial charge in [0.25, 0.3) is 0 Å². The van der Waals surface area contributed by atoms with Crippen LogP contribution in [0.3, 0.4) is 0 Å². The number of halogens is 1. The number of rotatable bonds is 1. The first-order valence-electron chi connectivity index (χ1n) is 4.92. The average Bonchev–Trinajstić information content (AvgIpc) is 2.51. The van der Waals surface area contributed by atoms with Gasteiger partial charge < -0.3 is 14.6 Å². The largest absolute Gasteiger partial charge is 0.388 e. The lowest BCUT2D eigenvalue weighted by Crippen LogP contribution is -2.45. The summed E-state index contributed by atoms with van der Waals surface area (Å²) in [5.41, 5.74) is 0. The van der Waals surface area contributed by atoms with E-state index in [0.717, 1.165) is 4.48 Å². The molecule has 6 heteroatoms. The lowest BCUT2D eigenvalue weighted by atomic mass is 9.95. The first-order valence-corrected chi connectivity index (χ1v) is 6.12. The van der Waals surface area contributed by atoms with Crippen molar-refractivity contribution in [3.8, 4) is 0 Å². The number of fused-ring (bicyclic) bond motifs is 1. The van der Waals surface area contributed by atoms with Crippen LogP contribution in [-0.4, -0.2) is 40.4 Å². The Bertz CT molecular complexity index is 378. The zero-order valence-corrected chi connectivity index (χ0v) is 11.3. The van der Waals surface area contributed by atoms with Gasteiger partial charge in [0.05, 0.1) is 5.16 Å². The third kappa shape index (κ3) is 2.14. The van der Waals surface area contributed by atoms with E-state index in [1.807, 2.05) is 13.8 Å². The fourth-order valence-electron chi connectivity index (χ4n) is 1.98. The molecule has 0 amide bonds. The highest BCUT2D eigenvalue weighted by Crippen LogP contribution is 2.39. The maximum absolute atomic E-state index is 10.1. The summed E-state index contributed by atoms with van der Waals surface area (Å²) in [5.74, 6) is -0.695. The van der Waals surface area contributed by atoms with E-state index in [9.17, 15) is 5.11 Å². The molecule has 1 aliphatic carbocycles. The molecular formula is C10H12BrNO3S. The first-order chi connectivity index (χ1) is 7.44. The third-order valence-corrected chi connectivity index (χ3v) is 3.44. The number of isothiocyanates is 1. The van der Waals surface area contributed by atoms with Gasteiger partial charge in [0.2, 0.25) is 0 Å². The molecule has 0 saturated carbocycles. The Labute approximate surface area is 107 Å². The summed E-state index contributed by atoms with van der Waals surface area (Å²) in [5, 5.41) is 12.3. The Morgan fingerprint density at radius 3 is 2.88 bits per heavy atom. The van der Waals surface area contributed by atoms with Crippen molar-refractivity contribution in [1.29, 1.82) is 0 Å². The third-order valence-electron chi connectivity index (χ3n) is 2.62. The molecule has 1 fully saturated rings. The van der Waals surface area contributed by atoms with Crippen molar-refractivity contribution < 1.29 is 14.6 Å². The van der Waals surface area contributed by atoms with Gasteiger partial charge in [0.15, 0.2) is 5.79 Å². The molecule has 1 saturated heterocycles. The summed E-state index contributed by atoms with van der Waals surface area (Å²) in [6.45, 7) is 3.63. The Morgan fingerprint density at radius 1 is 1.56 bits per heavy atom. The molecule has 4 nitrogen and oxygen atoms in total. The van der Waals surface area contributed by atoms with Crippen LogP contribution in [0.15, 0.2) is 15.6 Å². The molecule has 0 aromatic rings. The van der Waals surface area contributed by atoms with Crippen LogP contribution in [0.5, 0.6) is 0 Å². The van der Waals surface area contributed by atoms with Crippen molar-refractivity contribution in [2.24, 2.45) is 4.99 Å². The van der Waals surface area contributed by atoms with E-state index in [-0.39, 0.29) is 6.10 Å². The van der Waals surface area contributed by atoms with Crippen LogP contribution in [0, 0.1) is 0 Å². The minimum absolute atomic E-state index is 0.276. The summed E-state index contributed by atoms with van der Waals surface area (Å²) in [6, 6.07) is -0.425. The topological polar surface area (TPSA) is 51.0 Å². The van der Waals surface area contributed by atoms with Crippen molar-refractivity contribution in [3.05, 3.63) is 10.6 Å². The summed E-state index contributed by atoms with van der Waals surface area (Å²) < 4.78 is 12.1. The molecule has 0 aromatic carbocycles. The molecule has 1 N–H and O–H groups in total. The lowest BCUT2D eigenvalue weighted by Gasteiger charge is -2.29. The van der Waals surface area contributed by atoms with Gasteiger partial charge in [0.1, 0.15) is 24.4 Å². The van der Waals surface area contributed by atoms with Gasteiger partial charge in [-0.05, 0) is 32.1 Å². The summed E-state index contributed by atoms with van der Waals surface area (Å²) >= 11 is 7.95. The second-order valence-electron chi connectivity index (χ2n) is 4.27. The molecule has 2 aliphatic rings. The molecule has 0 spiro atoms. The molecule has 88 valence electrons. The number of aliphatic imine (C=N–C) groups is 1. The van der Waals surface area contributed by atoms with E-state index in [4.69, 9.17) is 9.47 Å². The number of thiocarbonyl (C=S) groups is 1. The summed E-state index contributed by atoms with van der Waals surface area (Å²) in [6.07, 6.45) is 0.312. The highest BCUT2D eigenvalue weighted by molar-refractivity contribution is 9.11. The fraction of sp³-hybridized carbons (Fsp3) is 0.700. The van der Waals surface area contributed by atoms with Gasteiger partial charge in [-0.25, -0.2) is 4.99 Å². The predicted octanol–water partition coefficient (Wildman–Crippen LogP) is 1.63. The number of aliphatic hydroxyl groups excluding tert-OH is 1. The fourth-order valence-corrected chi connectivity index (χ4v) is 2.72. The van der Waals surface area contributed by atoms with Crippen molar-refractivity contribution >= 4 is 33.3 Å². The van der Waals surface area contributed by atoms with E-state index in [1.165, 1.54) is 0 Å². The molecular weight excluding hydrogens is 294 g/mol. The van der Waals surface area contributed by atoms with E-state index < -0.39 is 24.0 Å². The van der Waals surface area contributed by atoms with Gasteiger partial charge in [-0.2, -0.15) is 0 Å². The molecule has 0 radical (unpaired) electrons. The normalized spacial score (nSPS) is 40.9. The standard InChI is InChI=1S/C10H12BrNO3S/c1-10(2)14-8-5(11)3-6(12-4-16)7(13)9(8)15-10/h3,6-9,13H,1-2H3/t6-,7+,8-,9+/m1/s1. The Morgan fingerprint density at radius 2 is 2.25 bits per heavy atom. The number of hydrogen-bond donors (Lipinski definition) is 1. The van der Waals surface area contributed by atoms with Crippen LogP contribution in [0.4, 0.5) is 0 Å². The molecule has 4 atom stereocenters. The van der Waals surface area contributed by atoms with E-state index >= 15 is 0 Å². The van der Waals surface area contributed by atoms with E-state index in [2.05, 4.69) is 38.3 Å². The zero-order valence-electron chi connectivity index (χ0n) is 8.88. The highest BCUT2D eigenvalue weighted by atomic mass is 79.9. The number of aliphatic hydroxyl groups is 1. The van der Waals surface area contributed by atoms with Gasteiger partial charge >= 0.3 is 0 Å². The smallest absolute Gasteiger partial charge is 0.164 e. The Kier molecular flexibility index (Phi) is 3.32. The van der Waals surface area contributed by atoms with E-state index in [1.54, 1.807) is 6.08 Å². The maximum atomic E-state index is 10.1. The van der Waals surface area contributed by atoms with E-state index in [0.29, 0.717) is 0 Å². The summed E-state index contributed by atoms with van der Waals surface area (Å²) in [4.78, 5) is 3.90. The summed E-state index contributed by atoms with van der Waals surface area (Å²) in [7, 11) is 0. The van der Waals surface area contributed by atoms with Crippen LogP contribution in [0.2, 0.25) is 0 Å². The number of nitrogens with zero attached hydrogens (tertiary/aromatic N) is 1. The van der Waals surface area contributed by atoms with Crippen LogP contribution < -0.4 is 0 Å². The number of hydrogen-bond acceptors (Lipinski definition) is 5. The second kappa shape index (κ2) is 4.29. The monoisotopic (exact) mass is 305 g/mol. The van der Waals surface area contributed by atoms with Gasteiger partial charge in [-0.15, -0.1) is 0 Å². The second-order valence-corrected chi connectivity index (χ2v) is 5.37. The molecule has 0 unspecified atom stereocenters. The highest BCUT2D eigenvalue weighted by Gasteiger charge is 2.50. The quantitative estimate of drug-likeness (QED) is 0.591. The molecule has 2 rings (SSSR count). The van der Waals surface area contributed by atoms with Crippen LogP contribution >= 0.6 is 28.1 Å². The Balaban J connectivity index is 2.30. The van der Waals surface area contributed by atoms with Crippen molar-refractivity contribution in [2.75, 3.05) is 0 Å². The minimum atomic E-state index is -0.761. The van der Waals surface area contributed by atoms with Crippen LogP contribution in [0.1, 0.15) is 13.8 Å². The zero-order chi connectivity index (χ0) is 11.9. The molecule has 16 heavy (non-hydrogen) atoms. The molecule has 0 aromatic heterocycles. The SMILES string of the molecule is CC1(C)O[C@H]2[C@@H](O)[C@H](N=C=S)C=C(Br)[C@H]2O1. The Hall–Kier alpha value is -0.100. The molecule has 1 aliphatic heterocycles. The van der Waals surface area contributed by atoms with Gasteiger partial charge in [-0.1, -0.05) is 15.9 Å². The number of ether oxygens (including phenoxy) is 2. The van der Waals surface area contributed by atoms with Crippen molar-refractivity contribution in [2.45, 2.75) is 44.0 Å². The average molecular weight is 306 g/mol. The lowest BCUT2D eigenvalue weighted by molar-refractivity contribution is -0.153. The van der Waals surface area contributed by atoms with Gasteiger partial charge in [0, 0.05) is 4.48 Å². The maximum Gasteiger partial charge on any atom is 0.164 e. The molecule has 1 heterocycles. The van der Waals surface area contributed by atoms with Crippen molar-refractivity contribution in [1.82, 2.24) is 0 Å². The first kappa shape index (κ1) is 12.4. The van der Waals surface area contributed by atoms with Gasteiger partial charge in [-0.3, -0.25) is 0 Å².